The fraction of sp³-hybridized carbons (Fsp3) is 0.286. The Bertz CT molecular complexity index is 505. The SMILES string of the molecule is Oc1cccc2c1CCC2NCc1ccoc1. The van der Waals surface area contributed by atoms with E-state index in [1.54, 1.807) is 18.6 Å². The van der Waals surface area contributed by atoms with E-state index in [0.717, 1.165) is 30.5 Å². The van der Waals surface area contributed by atoms with Crippen molar-refractivity contribution in [1.82, 2.24) is 5.32 Å². The van der Waals surface area contributed by atoms with Gasteiger partial charge in [0.2, 0.25) is 0 Å². The van der Waals surface area contributed by atoms with Gasteiger partial charge in [-0.05, 0) is 36.1 Å². The minimum Gasteiger partial charge on any atom is -0.508 e. The molecule has 0 saturated heterocycles. The van der Waals surface area contributed by atoms with Crippen LogP contribution in [0, 0.1) is 0 Å². The normalized spacial score (nSPS) is 18.2. The Morgan fingerprint density at radius 2 is 2.29 bits per heavy atom. The summed E-state index contributed by atoms with van der Waals surface area (Å²) in [5, 5.41) is 13.3. The molecular formula is C14H15NO2. The van der Waals surface area contributed by atoms with Gasteiger partial charge in [-0.15, -0.1) is 0 Å². The van der Waals surface area contributed by atoms with Gasteiger partial charge in [-0.1, -0.05) is 12.1 Å². The third kappa shape index (κ3) is 1.94. The first kappa shape index (κ1) is 10.4. The topological polar surface area (TPSA) is 45.4 Å². The highest BCUT2D eigenvalue weighted by atomic mass is 16.3. The van der Waals surface area contributed by atoms with Gasteiger partial charge in [-0.3, -0.25) is 0 Å². The maximum Gasteiger partial charge on any atom is 0.119 e. The van der Waals surface area contributed by atoms with Crippen molar-refractivity contribution in [3.05, 3.63) is 53.5 Å². The number of fused-ring (bicyclic) bond motifs is 1. The Morgan fingerprint density at radius 1 is 1.35 bits per heavy atom. The molecule has 0 spiro atoms. The fourth-order valence-electron chi connectivity index (χ4n) is 2.48. The van der Waals surface area contributed by atoms with Gasteiger partial charge in [0.05, 0.1) is 12.5 Å². The molecule has 3 heteroatoms. The summed E-state index contributed by atoms with van der Waals surface area (Å²) >= 11 is 0. The highest BCUT2D eigenvalue weighted by Crippen LogP contribution is 2.36. The molecule has 1 aliphatic rings. The zero-order chi connectivity index (χ0) is 11.7. The van der Waals surface area contributed by atoms with E-state index < -0.39 is 0 Å². The standard InChI is InChI=1S/C14H15NO2/c16-14-3-1-2-11-12(14)4-5-13(11)15-8-10-6-7-17-9-10/h1-3,6-7,9,13,15-16H,4-5,8H2. The van der Waals surface area contributed by atoms with Crippen LogP contribution in [0.25, 0.3) is 0 Å². The Balaban J connectivity index is 1.73. The highest BCUT2D eigenvalue weighted by molar-refractivity contribution is 5.44. The summed E-state index contributed by atoms with van der Waals surface area (Å²) in [6.07, 6.45) is 5.44. The second-order valence-electron chi connectivity index (χ2n) is 4.45. The molecule has 0 bridgehead atoms. The number of phenols is 1. The van der Waals surface area contributed by atoms with Crippen LogP contribution in [0.1, 0.15) is 29.2 Å². The fourth-order valence-corrected chi connectivity index (χ4v) is 2.48. The van der Waals surface area contributed by atoms with Crippen LogP contribution in [-0.2, 0) is 13.0 Å². The molecule has 2 aromatic rings. The van der Waals surface area contributed by atoms with E-state index in [4.69, 9.17) is 4.42 Å². The lowest BCUT2D eigenvalue weighted by Crippen LogP contribution is -2.18. The van der Waals surface area contributed by atoms with E-state index in [0.29, 0.717) is 11.8 Å². The molecule has 1 aromatic heterocycles. The molecule has 1 heterocycles. The molecule has 0 fully saturated rings. The maximum absolute atomic E-state index is 9.76. The van der Waals surface area contributed by atoms with E-state index >= 15 is 0 Å². The summed E-state index contributed by atoms with van der Waals surface area (Å²) in [4.78, 5) is 0. The Morgan fingerprint density at radius 3 is 3.12 bits per heavy atom. The number of furan rings is 1. The van der Waals surface area contributed by atoms with Crippen LogP contribution in [-0.4, -0.2) is 5.11 Å². The monoisotopic (exact) mass is 229 g/mol. The highest BCUT2D eigenvalue weighted by Gasteiger charge is 2.23. The molecule has 3 nitrogen and oxygen atoms in total. The summed E-state index contributed by atoms with van der Waals surface area (Å²) < 4.78 is 5.04. The Hall–Kier alpha value is -1.74. The van der Waals surface area contributed by atoms with Crippen LogP contribution in [0.15, 0.2) is 41.2 Å². The first-order chi connectivity index (χ1) is 8.34. The van der Waals surface area contributed by atoms with Crippen molar-refractivity contribution in [2.45, 2.75) is 25.4 Å². The zero-order valence-electron chi connectivity index (χ0n) is 9.52. The zero-order valence-corrected chi connectivity index (χ0v) is 9.52. The molecule has 88 valence electrons. The minimum absolute atomic E-state index is 0.340. The first-order valence-electron chi connectivity index (χ1n) is 5.90. The molecular weight excluding hydrogens is 214 g/mol. The summed E-state index contributed by atoms with van der Waals surface area (Å²) in [6.45, 7) is 0.802. The van der Waals surface area contributed by atoms with Crippen LogP contribution >= 0.6 is 0 Å². The summed E-state index contributed by atoms with van der Waals surface area (Å²) in [7, 11) is 0. The molecule has 17 heavy (non-hydrogen) atoms. The van der Waals surface area contributed by atoms with Crippen molar-refractivity contribution in [3.63, 3.8) is 0 Å². The first-order valence-corrected chi connectivity index (χ1v) is 5.90. The quantitative estimate of drug-likeness (QED) is 0.850. The lowest BCUT2D eigenvalue weighted by atomic mass is 10.1. The predicted octanol–water partition coefficient (Wildman–Crippen LogP) is 2.76. The lowest BCUT2D eigenvalue weighted by molar-refractivity contribution is 0.469. The van der Waals surface area contributed by atoms with E-state index in [-0.39, 0.29) is 0 Å². The molecule has 0 radical (unpaired) electrons. The van der Waals surface area contributed by atoms with Gasteiger partial charge in [0.15, 0.2) is 0 Å². The lowest BCUT2D eigenvalue weighted by Gasteiger charge is -2.13. The van der Waals surface area contributed by atoms with Gasteiger partial charge < -0.3 is 14.8 Å². The predicted molar refractivity (Wildman–Crippen MR) is 64.7 cm³/mol. The summed E-state index contributed by atoms with van der Waals surface area (Å²) in [5.74, 6) is 0.426. The van der Waals surface area contributed by atoms with Gasteiger partial charge in [0.1, 0.15) is 5.75 Å². The molecule has 0 saturated carbocycles. The van der Waals surface area contributed by atoms with Crippen LogP contribution in [0.4, 0.5) is 0 Å². The molecule has 2 N–H and O–H groups in total. The molecule has 1 aliphatic carbocycles. The number of hydrogen-bond acceptors (Lipinski definition) is 3. The molecule has 0 aliphatic heterocycles. The van der Waals surface area contributed by atoms with Crippen LogP contribution < -0.4 is 5.32 Å². The van der Waals surface area contributed by atoms with Crippen molar-refractivity contribution in [1.29, 1.82) is 0 Å². The number of rotatable bonds is 3. The number of phenolic OH excluding ortho intramolecular Hbond substituents is 1. The third-order valence-electron chi connectivity index (χ3n) is 3.38. The summed E-state index contributed by atoms with van der Waals surface area (Å²) in [6, 6.07) is 8.07. The molecule has 1 atom stereocenters. The van der Waals surface area contributed by atoms with Crippen molar-refractivity contribution < 1.29 is 9.52 Å². The smallest absolute Gasteiger partial charge is 0.119 e. The maximum atomic E-state index is 9.76. The van der Waals surface area contributed by atoms with Crippen LogP contribution in [0.5, 0.6) is 5.75 Å². The average Bonchev–Trinajstić information content (AvgIpc) is 2.95. The number of aromatic hydroxyl groups is 1. The van der Waals surface area contributed by atoms with Crippen molar-refractivity contribution >= 4 is 0 Å². The van der Waals surface area contributed by atoms with Gasteiger partial charge in [0.25, 0.3) is 0 Å². The van der Waals surface area contributed by atoms with Crippen molar-refractivity contribution in [2.75, 3.05) is 0 Å². The van der Waals surface area contributed by atoms with E-state index in [1.807, 2.05) is 12.1 Å². The number of hydrogen-bond donors (Lipinski definition) is 2. The average molecular weight is 229 g/mol. The Kier molecular flexibility index (Phi) is 2.61. The minimum atomic E-state index is 0.340. The second-order valence-corrected chi connectivity index (χ2v) is 4.45. The van der Waals surface area contributed by atoms with Crippen LogP contribution in [0.2, 0.25) is 0 Å². The largest absolute Gasteiger partial charge is 0.508 e. The van der Waals surface area contributed by atoms with E-state index in [2.05, 4.69) is 11.4 Å². The Labute approximate surface area is 100 Å². The molecule has 1 aromatic carbocycles. The molecule has 3 rings (SSSR count). The summed E-state index contributed by atoms with van der Waals surface area (Å²) in [5.41, 5.74) is 3.48. The van der Waals surface area contributed by atoms with Crippen molar-refractivity contribution in [3.8, 4) is 5.75 Å². The van der Waals surface area contributed by atoms with Gasteiger partial charge in [-0.2, -0.15) is 0 Å². The van der Waals surface area contributed by atoms with E-state index in [1.165, 1.54) is 5.56 Å². The van der Waals surface area contributed by atoms with Gasteiger partial charge in [0, 0.05) is 18.2 Å². The van der Waals surface area contributed by atoms with E-state index in [9.17, 15) is 5.11 Å². The third-order valence-corrected chi connectivity index (χ3v) is 3.38. The number of benzene rings is 1. The van der Waals surface area contributed by atoms with Gasteiger partial charge in [-0.25, -0.2) is 0 Å². The molecule has 0 amide bonds. The van der Waals surface area contributed by atoms with Crippen molar-refractivity contribution in [2.24, 2.45) is 0 Å². The van der Waals surface area contributed by atoms with Crippen LogP contribution in [0.3, 0.4) is 0 Å². The van der Waals surface area contributed by atoms with Gasteiger partial charge >= 0.3 is 0 Å². The second kappa shape index (κ2) is 4.26. The number of nitrogens with one attached hydrogen (secondary N) is 1. The molecule has 1 unspecified atom stereocenters.